The van der Waals surface area contributed by atoms with Gasteiger partial charge in [0.2, 0.25) is 0 Å². The summed E-state index contributed by atoms with van der Waals surface area (Å²) in [6, 6.07) is 1.60. The Kier molecular flexibility index (Phi) is 5.30. The van der Waals surface area contributed by atoms with E-state index in [0.717, 1.165) is 18.0 Å². The summed E-state index contributed by atoms with van der Waals surface area (Å²) in [5, 5.41) is 3.67. The van der Waals surface area contributed by atoms with E-state index in [9.17, 15) is 0 Å². The van der Waals surface area contributed by atoms with Crippen molar-refractivity contribution in [3.63, 3.8) is 0 Å². The minimum absolute atomic E-state index is 0.589. The molecule has 1 aliphatic heterocycles. The van der Waals surface area contributed by atoms with Crippen LogP contribution in [0, 0.1) is 11.3 Å². The maximum atomic E-state index is 3.67. The third-order valence-electron chi connectivity index (χ3n) is 5.04. The van der Waals surface area contributed by atoms with Gasteiger partial charge in [0, 0.05) is 25.2 Å². The largest absolute Gasteiger partial charge is 0.313 e. The quantitative estimate of drug-likeness (QED) is 0.817. The summed E-state index contributed by atoms with van der Waals surface area (Å²) >= 11 is 0. The van der Waals surface area contributed by atoms with E-state index in [1.54, 1.807) is 0 Å². The maximum Gasteiger partial charge on any atom is 0.0195 e. The minimum atomic E-state index is 0.589. The van der Waals surface area contributed by atoms with Gasteiger partial charge in [-0.05, 0) is 56.4 Å². The lowest BCUT2D eigenvalue weighted by Crippen LogP contribution is -2.47. The minimum Gasteiger partial charge on any atom is -0.313 e. The fourth-order valence-corrected chi connectivity index (χ4v) is 3.79. The Labute approximate surface area is 120 Å². The van der Waals surface area contributed by atoms with Gasteiger partial charge in [0.15, 0.2) is 0 Å². The van der Waals surface area contributed by atoms with Gasteiger partial charge in [-0.1, -0.05) is 27.7 Å². The Morgan fingerprint density at radius 1 is 1.16 bits per heavy atom. The van der Waals surface area contributed by atoms with Crippen molar-refractivity contribution in [2.24, 2.45) is 11.3 Å². The zero-order valence-corrected chi connectivity index (χ0v) is 13.5. The third-order valence-corrected chi connectivity index (χ3v) is 5.04. The molecule has 1 saturated heterocycles. The van der Waals surface area contributed by atoms with Crippen molar-refractivity contribution in [1.82, 2.24) is 10.2 Å². The van der Waals surface area contributed by atoms with Crippen LogP contribution >= 0.6 is 0 Å². The van der Waals surface area contributed by atoms with Gasteiger partial charge in [-0.3, -0.25) is 4.90 Å². The van der Waals surface area contributed by atoms with E-state index in [1.165, 1.54) is 58.2 Å². The van der Waals surface area contributed by atoms with Crippen LogP contribution in [0.15, 0.2) is 0 Å². The van der Waals surface area contributed by atoms with Crippen molar-refractivity contribution >= 4 is 0 Å². The summed E-state index contributed by atoms with van der Waals surface area (Å²) in [5.41, 5.74) is 0.589. The van der Waals surface area contributed by atoms with Crippen LogP contribution in [-0.2, 0) is 0 Å². The Hall–Kier alpha value is -0.0800. The molecular formula is C17H34N2. The molecule has 2 fully saturated rings. The Morgan fingerprint density at radius 3 is 2.37 bits per heavy atom. The SMILES string of the molecule is CC(C)CN(CC1CCCN1)C1CCC(C)(C)CC1. The molecule has 2 heteroatoms. The molecule has 19 heavy (non-hydrogen) atoms. The standard InChI is InChI=1S/C17H34N2/c1-14(2)12-19(13-15-6-5-11-18-15)16-7-9-17(3,4)10-8-16/h14-16,18H,5-13H2,1-4H3. The average molecular weight is 266 g/mol. The fourth-order valence-electron chi connectivity index (χ4n) is 3.79. The molecule has 2 nitrogen and oxygen atoms in total. The van der Waals surface area contributed by atoms with Crippen molar-refractivity contribution in [2.45, 2.75) is 78.3 Å². The molecule has 1 heterocycles. The zero-order chi connectivity index (χ0) is 13.9. The van der Waals surface area contributed by atoms with E-state index < -0.39 is 0 Å². The highest BCUT2D eigenvalue weighted by molar-refractivity contribution is 4.87. The summed E-state index contributed by atoms with van der Waals surface area (Å²) in [5.74, 6) is 0.788. The first kappa shape index (κ1) is 15.3. The summed E-state index contributed by atoms with van der Waals surface area (Å²) in [4.78, 5) is 2.81. The summed E-state index contributed by atoms with van der Waals surface area (Å²) in [6.45, 7) is 13.4. The lowest BCUT2D eigenvalue weighted by Gasteiger charge is -2.41. The monoisotopic (exact) mass is 266 g/mol. The summed E-state index contributed by atoms with van der Waals surface area (Å²) in [6.07, 6.45) is 8.39. The second kappa shape index (κ2) is 6.58. The highest BCUT2D eigenvalue weighted by Crippen LogP contribution is 2.37. The van der Waals surface area contributed by atoms with Gasteiger partial charge in [-0.25, -0.2) is 0 Å². The molecule has 0 aromatic heterocycles. The van der Waals surface area contributed by atoms with Crippen LogP contribution in [0.25, 0.3) is 0 Å². The van der Waals surface area contributed by atoms with E-state index in [0.29, 0.717) is 5.41 Å². The number of nitrogens with zero attached hydrogens (tertiary/aromatic N) is 1. The molecule has 0 bridgehead atoms. The molecule has 112 valence electrons. The highest BCUT2D eigenvalue weighted by atomic mass is 15.2. The van der Waals surface area contributed by atoms with Gasteiger partial charge < -0.3 is 5.32 Å². The van der Waals surface area contributed by atoms with Crippen LogP contribution < -0.4 is 5.32 Å². The van der Waals surface area contributed by atoms with Crippen molar-refractivity contribution in [1.29, 1.82) is 0 Å². The predicted molar refractivity (Wildman–Crippen MR) is 83.5 cm³/mol. The molecular weight excluding hydrogens is 232 g/mol. The van der Waals surface area contributed by atoms with Gasteiger partial charge in [0.05, 0.1) is 0 Å². The van der Waals surface area contributed by atoms with Gasteiger partial charge in [0.1, 0.15) is 0 Å². The van der Waals surface area contributed by atoms with Crippen LogP contribution in [0.5, 0.6) is 0 Å². The van der Waals surface area contributed by atoms with Crippen LogP contribution in [0.2, 0.25) is 0 Å². The number of hydrogen-bond acceptors (Lipinski definition) is 2. The summed E-state index contributed by atoms with van der Waals surface area (Å²) < 4.78 is 0. The molecule has 1 aliphatic carbocycles. The van der Waals surface area contributed by atoms with Crippen LogP contribution in [-0.4, -0.2) is 36.6 Å². The van der Waals surface area contributed by atoms with Gasteiger partial charge in [0.25, 0.3) is 0 Å². The first-order chi connectivity index (χ1) is 8.96. The van der Waals surface area contributed by atoms with Gasteiger partial charge in [-0.2, -0.15) is 0 Å². The van der Waals surface area contributed by atoms with Crippen molar-refractivity contribution in [3.05, 3.63) is 0 Å². The lowest BCUT2D eigenvalue weighted by atomic mass is 9.75. The molecule has 0 radical (unpaired) electrons. The van der Waals surface area contributed by atoms with Gasteiger partial charge >= 0.3 is 0 Å². The molecule has 1 N–H and O–H groups in total. The maximum absolute atomic E-state index is 3.67. The molecule has 1 atom stereocenters. The Bertz CT molecular complexity index is 256. The molecule has 0 aromatic rings. The van der Waals surface area contributed by atoms with Crippen molar-refractivity contribution < 1.29 is 0 Å². The molecule has 1 saturated carbocycles. The number of hydrogen-bond donors (Lipinski definition) is 1. The molecule has 0 aromatic carbocycles. The first-order valence-corrected chi connectivity index (χ1v) is 8.44. The Morgan fingerprint density at radius 2 is 1.84 bits per heavy atom. The average Bonchev–Trinajstić information content (AvgIpc) is 2.80. The van der Waals surface area contributed by atoms with E-state index in [4.69, 9.17) is 0 Å². The topological polar surface area (TPSA) is 15.3 Å². The smallest absolute Gasteiger partial charge is 0.0195 e. The zero-order valence-electron chi connectivity index (χ0n) is 13.5. The molecule has 0 amide bonds. The first-order valence-electron chi connectivity index (χ1n) is 8.44. The predicted octanol–water partition coefficient (Wildman–Crippen LogP) is 3.67. The molecule has 0 spiro atoms. The number of nitrogens with one attached hydrogen (secondary N) is 1. The second-order valence-corrected chi connectivity index (χ2v) is 8.04. The van der Waals surface area contributed by atoms with Crippen molar-refractivity contribution in [3.8, 4) is 0 Å². The van der Waals surface area contributed by atoms with Crippen LogP contribution in [0.4, 0.5) is 0 Å². The highest BCUT2D eigenvalue weighted by Gasteiger charge is 2.31. The van der Waals surface area contributed by atoms with E-state index in [2.05, 4.69) is 37.9 Å². The van der Waals surface area contributed by atoms with Crippen LogP contribution in [0.3, 0.4) is 0 Å². The Balaban J connectivity index is 1.89. The number of rotatable bonds is 5. The van der Waals surface area contributed by atoms with Crippen LogP contribution in [0.1, 0.15) is 66.2 Å². The molecule has 2 aliphatic rings. The molecule has 1 unspecified atom stereocenters. The van der Waals surface area contributed by atoms with Gasteiger partial charge in [-0.15, -0.1) is 0 Å². The second-order valence-electron chi connectivity index (χ2n) is 8.04. The normalized spacial score (nSPS) is 28.4. The van der Waals surface area contributed by atoms with Crippen molar-refractivity contribution in [2.75, 3.05) is 19.6 Å². The summed E-state index contributed by atoms with van der Waals surface area (Å²) in [7, 11) is 0. The van der Waals surface area contributed by atoms with E-state index >= 15 is 0 Å². The van der Waals surface area contributed by atoms with E-state index in [-0.39, 0.29) is 0 Å². The van der Waals surface area contributed by atoms with E-state index in [1.807, 2.05) is 0 Å². The third kappa shape index (κ3) is 4.75. The lowest BCUT2D eigenvalue weighted by molar-refractivity contribution is 0.0899. The molecule has 2 rings (SSSR count). The fraction of sp³-hybridized carbons (Fsp3) is 1.00.